The Hall–Kier alpha value is -1.10. The molecule has 0 radical (unpaired) electrons. The first-order chi connectivity index (χ1) is 6.18. The molecule has 0 aliphatic rings. The summed E-state index contributed by atoms with van der Waals surface area (Å²) < 4.78 is 0. The third-order valence-electron chi connectivity index (χ3n) is 1.33. The fraction of sp³-hybridized carbons (Fsp3) is 0.375. The van der Waals surface area contributed by atoms with Gasteiger partial charge in [-0.1, -0.05) is 6.92 Å². The molecule has 0 saturated heterocycles. The van der Waals surface area contributed by atoms with Gasteiger partial charge in [-0.3, -0.25) is 4.79 Å². The average Bonchev–Trinajstić information content (AvgIpc) is 2.04. The van der Waals surface area contributed by atoms with Crippen molar-refractivity contribution >= 4 is 17.7 Å². The Labute approximate surface area is 80.4 Å². The Morgan fingerprint density at radius 2 is 2.54 bits per heavy atom. The maximum atomic E-state index is 10.4. The number of carboxylic acid groups (broad SMARTS) is 1. The monoisotopic (exact) mass is 198 g/mol. The van der Waals surface area contributed by atoms with Gasteiger partial charge in [-0.25, -0.2) is 0 Å². The molecule has 1 atom stereocenters. The van der Waals surface area contributed by atoms with Crippen LogP contribution in [0.25, 0.3) is 0 Å². The maximum Gasteiger partial charge on any atom is 0.304 e. The number of hydrogen-bond acceptors (Lipinski definition) is 4. The molecule has 0 aromatic carbocycles. The predicted molar refractivity (Wildman–Crippen MR) is 49.6 cm³/mol. The highest BCUT2D eigenvalue weighted by atomic mass is 32.2. The van der Waals surface area contributed by atoms with Crippen molar-refractivity contribution in [2.45, 2.75) is 23.6 Å². The standard InChI is InChI=1S/C8H10N2O2S/c1-6(5-8(11)12)13-7-3-2-4-9-10-7/h2-4,6H,5H2,1H3,(H,11,12). The van der Waals surface area contributed by atoms with E-state index < -0.39 is 5.97 Å². The summed E-state index contributed by atoms with van der Waals surface area (Å²) in [6.07, 6.45) is 1.73. The van der Waals surface area contributed by atoms with Crippen LogP contribution in [0.15, 0.2) is 23.4 Å². The van der Waals surface area contributed by atoms with Gasteiger partial charge >= 0.3 is 5.97 Å². The molecule has 0 spiro atoms. The molecule has 1 heterocycles. The molecule has 0 fully saturated rings. The molecule has 0 bridgehead atoms. The van der Waals surface area contributed by atoms with E-state index in [-0.39, 0.29) is 11.7 Å². The fourth-order valence-electron chi connectivity index (χ4n) is 0.844. The van der Waals surface area contributed by atoms with E-state index in [0.29, 0.717) is 0 Å². The highest BCUT2D eigenvalue weighted by molar-refractivity contribution is 7.99. The van der Waals surface area contributed by atoms with E-state index >= 15 is 0 Å². The number of nitrogens with zero attached hydrogens (tertiary/aromatic N) is 2. The molecular weight excluding hydrogens is 188 g/mol. The second-order valence-electron chi connectivity index (χ2n) is 2.59. The van der Waals surface area contributed by atoms with Gasteiger partial charge in [-0.2, -0.15) is 5.10 Å². The van der Waals surface area contributed by atoms with Crippen molar-refractivity contribution in [1.82, 2.24) is 10.2 Å². The Morgan fingerprint density at radius 3 is 3.08 bits per heavy atom. The molecular formula is C8H10N2O2S. The van der Waals surface area contributed by atoms with Crippen molar-refractivity contribution in [2.75, 3.05) is 0 Å². The van der Waals surface area contributed by atoms with Crippen LogP contribution in [-0.2, 0) is 4.79 Å². The van der Waals surface area contributed by atoms with Gasteiger partial charge in [0, 0.05) is 11.4 Å². The Kier molecular flexibility index (Phi) is 3.70. The Morgan fingerprint density at radius 1 is 1.77 bits per heavy atom. The minimum absolute atomic E-state index is 0.0224. The number of carbonyl (C=O) groups is 1. The van der Waals surface area contributed by atoms with E-state index in [1.807, 2.05) is 13.0 Å². The van der Waals surface area contributed by atoms with Gasteiger partial charge in [-0.15, -0.1) is 16.9 Å². The third kappa shape index (κ3) is 3.89. The minimum Gasteiger partial charge on any atom is -0.481 e. The number of aromatic nitrogens is 2. The van der Waals surface area contributed by atoms with Crippen LogP contribution in [0.1, 0.15) is 13.3 Å². The number of aliphatic carboxylic acids is 1. The van der Waals surface area contributed by atoms with Crippen molar-refractivity contribution in [3.05, 3.63) is 18.3 Å². The molecule has 1 aromatic rings. The van der Waals surface area contributed by atoms with Crippen LogP contribution in [0.3, 0.4) is 0 Å². The molecule has 1 N–H and O–H groups in total. The summed E-state index contributed by atoms with van der Waals surface area (Å²) in [5, 5.41) is 16.8. The van der Waals surface area contributed by atoms with Crippen LogP contribution in [0.4, 0.5) is 0 Å². The topological polar surface area (TPSA) is 63.1 Å². The van der Waals surface area contributed by atoms with Crippen LogP contribution < -0.4 is 0 Å². The number of rotatable bonds is 4. The molecule has 1 aromatic heterocycles. The van der Waals surface area contributed by atoms with E-state index in [1.165, 1.54) is 11.8 Å². The lowest BCUT2D eigenvalue weighted by Crippen LogP contribution is -2.05. The molecule has 1 unspecified atom stereocenters. The smallest absolute Gasteiger partial charge is 0.304 e. The molecule has 0 saturated carbocycles. The maximum absolute atomic E-state index is 10.4. The van der Waals surface area contributed by atoms with E-state index in [0.717, 1.165) is 5.03 Å². The van der Waals surface area contributed by atoms with Crippen molar-refractivity contribution in [2.24, 2.45) is 0 Å². The summed E-state index contributed by atoms with van der Waals surface area (Å²) in [4.78, 5) is 10.4. The third-order valence-corrected chi connectivity index (χ3v) is 2.36. The summed E-state index contributed by atoms with van der Waals surface area (Å²) in [5.41, 5.74) is 0. The molecule has 5 heteroatoms. The number of hydrogen-bond donors (Lipinski definition) is 1. The summed E-state index contributed by atoms with van der Waals surface area (Å²) in [6, 6.07) is 3.60. The van der Waals surface area contributed by atoms with Crippen LogP contribution >= 0.6 is 11.8 Å². The zero-order valence-electron chi connectivity index (χ0n) is 7.17. The zero-order chi connectivity index (χ0) is 9.68. The van der Waals surface area contributed by atoms with Crippen molar-refractivity contribution in [1.29, 1.82) is 0 Å². The summed E-state index contributed by atoms with van der Waals surface area (Å²) >= 11 is 1.42. The SMILES string of the molecule is CC(CC(=O)O)Sc1cccnn1. The number of thioether (sulfide) groups is 1. The predicted octanol–water partition coefficient (Wildman–Crippen LogP) is 1.43. The van der Waals surface area contributed by atoms with Gasteiger partial charge in [0.1, 0.15) is 5.03 Å². The highest BCUT2D eigenvalue weighted by Crippen LogP contribution is 2.21. The minimum atomic E-state index is -0.788. The molecule has 0 aliphatic carbocycles. The van der Waals surface area contributed by atoms with Crippen LogP contribution in [0, 0.1) is 0 Å². The molecule has 70 valence electrons. The van der Waals surface area contributed by atoms with Crippen LogP contribution in [0.5, 0.6) is 0 Å². The Balaban J connectivity index is 2.45. The largest absolute Gasteiger partial charge is 0.481 e. The summed E-state index contributed by atoms with van der Waals surface area (Å²) in [6.45, 7) is 1.85. The first kappa shape index (κ1) is 9.98. The fourth-order valence-corrected chi connectivity index (χ4v) is 1.73. The molecule has 4 nitrogen and oxygen atoms in total. The zero-order valence-corrected chi connectivity index (χ0v) is 7.99. The second kappa shape index (κ2) is 4.81. The summed E-state index contributed by atoms with van der Waals surface area (Å²) in [7, 11) is 0. The molecule has 0 amide bonds. The lowest BCUT2D eigenvalue weighted by molar-refractivity contribution is -0.136. The number of carboxylic acids is 1. The average molecular weight is 198 g/mol. The molecule has 1 rings (SSSR count). The van der Waals surface area contributed by atoms with E-state index in [1.54, 1.807) is 12.3 Å². The normalized spacial score (nSPS) is 12.4. The van der Waals surface area contributed by atoms with E-state index in [2.05, 4.69) is 10.2 Å². The van der Waals surface area contributed by atoms with Gasteiger partial charge in [0.25, 0.3) is 0 Å². The summed E-state index contributed by atoms with van der Waals surface area (Å²) in [5.74, 6) is -0.788. The van der Waals surface area contributed by atoms with Gasteiger partial charge in [0.2, 0.25) is 0 Å². The Bertz CT molecular complexity index is 279. The van der Waals surface area contributed by atoms with E-state index in [4.69, 9.17) is 5.11 Å². The molecule has 0 aliphatic heterocycles. The second-order valence-corrected chi connectivity index (χ2v) is 4.05. The van der Waals surface area contributed by atoms with Gasteiger partial charge in [0.15, 0.2) is 0 Å². The van der Waals surface area contributed by atoms with Crippen molar-refractivity contribution < 1.29 is 9.90 Å². The first-order valence-electron chi connectivity index (χ1n) is 3.84. The van der Waals surface area contributed by atoms with Gasteiger partial charge < -0.3 is 5.11 Å². The van der Waals surface area contributed by atoms with Gasteiger partial charge in [0.05, 0.1) is 6.42 Å². The van der Waals surface area contributed by atoms with Crippen LogP contribution in [0.2, 0.25) is 0 Å². The van der Waals surface area contributed by atoms with Crippen molar-refractivity contribution in [3.63, 3.8) is 0 Å². The quantitative estimate of drug-likeness (QED) is 0.741. The lowest BCUT2D eigenvalue weighted by atomic mass is 10.3. The van der Waals surface area contributed by atoms with Gasteiger partial charge in [-0.05, 0) is 12.1 Å². The lowest BCUT2D eigenvalue weighted by Gasteiger charge is -2.05. The van der Waals surface area contributed by atoms with E-state index in [9.17, 15) is 4.79 Å². The highest BCUT2D eigenvalue weighted by Gasteiger charge is 2.09. The van der Waals surface area contributed by atoms with Crippen LogP contribution in [-0.4, -0.2) is 26.5 Å². The first-order valence-corrected chi connectivity index (χ1v) is 4.72. The van der Waals surface area contributed by atoms with Crippen molar-refractivity contribution in [3.8, 4) is 0 Å². The molecule has 13 heavy (non-hydrogen) atoms.